The Labute approximate surface area is 132 Å². The molecular weight excluding hydrogens is 339 g/mol. The van der Waals surface area contributed by atoms with Gasteiger partial charge in [-0.1, -0.05) is 12.1 Å². The van der Waals surface area contributed by atoms with Gasteiger partial charge in [-0.05, 0) is 48.1 Å². The average Bonchev–Trinajstić information content (AvgIpc) is 2.83. The average molecular weight is 359 g/mol. The Morgan fingerprint density at radius 2 is 2.14 bits per heavy atom. The van der Waals surface area contributed by atoms with Gasteiger partial charge in [0.05, 0.1) is 10.2 Å². The summed E-state index contributed by atoms with van der Waals surface area (Å²) in [6.45, 7) is 3.75. The number of hydrogen-bond acceptors (Lipinski definition) is 4. The van der Waals surface area contributed by atoms with Crippen molar-refractivity contribution >= 4 is 27.5 Å². The third-order valence-corrected chi connectivity index (χ3v) is 4.80. The summed E-state index contributed by atoms with van der Waals surface area (Å²) in [6.07, 6.45) is 0. The van der Waals surface area contributed by atoms with Crippen LogP contribution in [0.4, 0.5) is 10.1 Å². The van der Waals surface area contributed by atoms with Crippen LogP contribution in [0.5, 0.6) is 0 Å². The van der Waals surface area contributed by atoms with Crippen molar-refractivity contribution in [3.63, 3.8) is 0 Å². The van der Waals surface area contributed by atoms with Gasteiger partial charge in [-0.3, -0.25) is 0 Å². The lowest BCUT2D eigenvalue weighted by Crippen LogP contribution is -2.34. The van der Waals surface area contributed by atoms with E-state index in [4.69, 9.17) is 10.9 Å². The number of hydrogen-bond donors (Lipinski definition) is 2. The fourth-order valence-electron chi connectivity index (χ4n) is 2.85. The molecule has 0 aliphatic carbocycles. The topological polar surface area (TPSA) is 65.1 Å². The highest BCUT2D eigenvalue weighted by Gasteiger charge is 2.32. The zero-order chi connectivity index (χ0) is 15.7. The molecule has 5 nitrogen and oxygen atoms in total. The van der Waals surface area contributed by atoms with E-state index in [0.717, 1.165) is 13.1 Å². The first kappa shape index (κ1) is 16.0. The molecule has 0 spiro atoms. The van der Waals surface area contributed by atoms with E-state index in [1.54, 1.807) is 12.1 Å². The minimum absolute atomic E-state index is 0.117. The lowest BCUT2D eigenvalue weighted by Gasteiger charge is -2.23. The molecule has 0 saturated carbocycles. The molecule has 1 heterocycles. The molecule has 1 aliphatic rings. The first-order valence-electron chi connectivity index (χ1n) is 6.74. The number of oxime groups is 1. The van der Waals surface area contributed by atoms with Crippen molar-refractivity contribution in [1.82, 2.24) is 4.90 Å². The van der Waals surface area contributed by atoms with E-state index < -0.39 is 0 Å². The Morgan fingerprint density at radius 3 is 2.67 bits per heavy atom. The van der Waals surface area contributed by atoms with Gasteiger partial charge in [0.2, 0.25) is 0 Å². The summed E-state index contributed by atoms with van der Waals surface area (Å²) in [6, 6.07) is 3.73. The molecule has 0 radical (unpaired) electrons. The van der Waals surface area contributed by atoms with Crippen LogP contribution in [0.25, 0.3) is 0 Å². The van der Waals surface area contributed by atoms with E-state index >= 15 is 0 Å². The molecule has 1 saturated heterocycles. The van der Waals surface area contributed by atoms with Crippen LogP contribution < -0.4 is 10.6 Å². The second-order valence-electron chi connectivity index (χ2n) is 5.66. The SMILES string of the molecule is CC1CN(c2ccc(/C(N)=N/O)c(Br)c2F)CC1N(C)C. The molecule has 3 N–H and O–H groups in total. The molecular formula is C14H20BrFN4O. The molecule has 1 aliphatic heterocycles. The molecule has 2 unspecified atom stereocenters. The Kier molecular flexibility index (Phi) is 4.73. The van der Waals surface area contributed by atoms with Gasteiger partial charge < -0.3 is 20.7 Å². The maximum atomic E-state index is 14.6. The van der Waals surface area contributed by atoms with Crippen molar-refractivity contribution in [2.24, 2.45) is 16.8 Å². The Hall–Kier alpha value is -1.34. The highest BCUT2D eigenvalue weighted by molar-refractivity contribution is 9.10. The summed E-state index contributed by atoms with van der Waals surface area (Å²) >= 11 is 3.19. The van der Waals surface area contributed by atoms with Crippen LogP contribution in [0.15, 0.2) is 21.8 Å². The van der Waals surface area contributed by atoms with E-state index in [0.29, 0.717) is 23.2 Å². The molecule has 1 fully saturated rings. The van der Waals surface area contributed by atoms with Gasteiger partial charge in [-0.2, -0.15) is 0 Å². The second kappa shape index (κ2) is 6.19. The van der Waals surface area contributed by atoms with Gasteiger partial charge in [0.1, 0.15) is 0 Å². The number of amidine groups is 1. The molecule has 1 aromatic carbocycles. The number of nitrogens with two attached hydrogens (primary N) is 1. The minimum Gasteiger partial charge on any atom is -0.409 e. The number of rotatable bonds is 3. The summed E-state index contributed by atoms with van der Waals surface area (Å²) in [4.78, 5) is 4.20. The zero-order valence-electron chi connectivity index (χ0n) is 12.3. The first-order chi connectivity index (χ1) is 9.86. The quantitative estimate of drug-likeness (QED) is 0.375. The molecule has 21 heavy (non-hydrogen) atoms. The summed E-state index contributed by atoms with van der Waals surface area (Å²) in [5.41, 5.74) is 6.41. The normalized spacial score (nSPS) is 23.1. The number of halogens is 2. The van der Waals surface area contributed by atoms with Crippen molar-refractivity contribution in [1.29, 1.82) is 0 Å². The van der Waals surface area contributed by atoms with Gasteiger partial charge in [-0.25, -0.2) is 4.39 Å². The van der Waals surface area contributed by atoms with E-state index in [1.807, 2.05) is 19.0 Å². The van der Waals surface area contributed by atoms with E-state index in [-0.39, 0.29) is 16.1 Å². The van der Waals surface area contributed by atoms with Crippen LogP contribution in [0.3, 0.4) is 0 Å². The molecule has 116 valence electrons. The molecule has 0 aromatic heterocycles. The zero-order valence-corrected chi connectivity index (χ0v) is 13.9. The van der Waals surface area contributed by atoms with Crippen molar-refractivity contribution in [2.45, 2.75) is 13.0 Å². The predicted molar refractivity (Wildman–Crippen MR) is 85.5 cm³/mol. The fourth-order valence-corrected chi connectivity index (χ4v) is 3.39. The van der Waals surface area contributed by atoms with Crippen LogP contribution in [0.2, 0.25) is 0 Å². The second-order valence-corrected chi connectivity index (χ2v) is 6.45. The van der Waals surface area contributed by atoms with Crippen molar-refractivity contribution < 1.29 is 9.60 Å². The predicted octanol–water partition coefficient (Wildman–Crippen LogP) is 2.07. The van der Waals surface area contributed by atoms with Gasteiger partial charge in [0.15, 0.2) is 11.7 Å². The number of benzene rings is 1. The fraction of sp³-hybridized carbons (Fsp3) is 0.500. The Bertz CT molecular complexity index is 564. The maximum absolute atomic E-state index is 14.6. The standard InChI is InChI=1S/C14H20BrFN4O/c1-8-6-20(7-11(8)19(2)3)10-5-4-9(14(17)18-21)12(15)13(10)16/h4-5,8,11,21H,6-7H2,1-3H3,(H2,17,18). The van der Waals surface area contributed by atoms with Crippen LogP contribution in [0, 0.1) is 11.7 Å². The Morgan fingerprint density at radius 1 is 1.48 bits per heavy atom. The molecule has 7 heteroatoms. The van der Waals surface area contributed by atoms with Gasteiger partial charge >= 0.3 is 0 Å². The maximum Gasteiger partial charge on any atom is 0.171 e. The van der Waals surface area contributed by atoms with Crippen molar-refractivity contribution in [2.75, 3.05) is 32.1 Å². The number of anilines is 1. The van der Waals surface area contributed by atoms with Crippen LogP contribution in [0.1, 0.15) is 12.5 Å². The highest BCUT2D eigenvalue weighted by Crippen LogP contribution is 2.33. The van der Waals surface area contributed by atoms with Gasteiger partial charge in [-0.15, -0.1) is 0 Å². The van der Waals surface area contributed by atoms with Crippen LogP contribution in [-0.4, -0.2) is 49.2 Å². The first-order valence-corrected chi connectivity index (χ1v) is 7.53. The summed E-state index contributed by atoms with van der Waals surface area (Å²) in [5.74, 6) is -0.0408. The molecule has 2 atom stereocenters. The van der Waals surface area contributed by atoms with E-state index in [1.165, 1.54) is 0 Å². The molecule has 0 bridgehead atoms. The summed E-state index contributed by atoms with van der Waals surface area (Å²) in [5, 5.41) is 11.6. The van der Waals surface area contributed by atoms with Crippen molar-refractivity contribution in [3.8, 4) is 0 Å². The smallest absolute Gasteiger partial charge is 0.171 e. The number of likely N-dealkylation sites (N-methyl/N-ethyl adjacent to an activating group) is 1. The molecule has 2 rings (SSSR count). The summed E-state index contributed by atoms with van der Waals surface area (Å²) in [7, 11) is 4.08. The van der Waals surface area contributed by atoms with Crippen LogP contribution in [-0.2, 0) is 0 Å². The number of nitrogens with zero attached hydrogens (tertiary/aromatic N) is 3. The minimum atomic E-state index is -0.384. The van der Waals surface area contributed by atoms with Gasteiger partial charge in [0.25, 0.3) is 0 Å². The largest absolute Gasteiger partial charge is 0.409 e. The third kappa shape index (κ3) is 2.98. The van der Waals surface area contributed by atoms with E-state index in [2.05, 4.69) is 32.9 Å². The van der Waals surface area contributed by atoms with Crippen LogP contribution >= 0.6 is 15.9 Å². The van der Waals surface area contributed by atoms with E-state index in [9.17, 15) is 4.39 Å². The van der Waals surface area contributed by atoms with Gasteiger partial charge in [0, 0.05) is 24.7 Å². The monoisotopic (exact) mass is 358 g/mol. The third-order valence-electron chi connectivity index (χ3n) is 4.02. The Balaban J connectivity index is 2.33. The molecule has 1 aromatic rings. The lowest BCUT2D eigenvalue weighted by molar-refractivity contribution is 0.266. The lowest BCUT2D eigenvalue weighted by atomic mass is 10.1. The molecule has 0 amide bonds. The van der Waals surface area contributed by atoms with Crippen molar-refractivity contribution in [3.05, 3.63) is 28.0 Å². The highest BCUT2D eigenvalue weighted by atomic mass is 79.9. The summed E-state index contributed by atoms with van der Waals surface area (Å²) < 4.78 is 14.8.